The Bertz CT molecular complexity index is 1180. The van der Waals surface area contributed by atoms with Gasteiger partial charge in [0.1, 0.15) is 4.32 Å². The Balaban J connectivity index is 1.74. The van der Waals surface area contributed by atoms with E-state index in [4.69, 9.17) is 16.6 Å². The largest absolute Gasteiger partial charge is 0.420 e. The SMILES string of the molecule is Cc1ccc(S(=O)(=O)c2nc(C=C3SC(=S)N(CC(C)C)C3=O)oc2N2CCCC2)cc1. The minimum absolute atomic E-state index is 0.0858. The second-order valence-electron chi connectivity index (χ2n) is 8.36. The Hall–Kier alpha value is -2.17. The van der Waals surface area contributed by atoms with Crippen LogP contribution in [0.5, 0.6) is 0 Å². The molecule has 0 saturated carbocycles. The van der Waals surface area contributed by atoms with Gasteiger partial charge in [0.2, 0.25) is 26.6 Å². The molecule has 0 atom stereocenters. The molecule has 0 N–H and O–H groups in total. The molecule has 0 aliphatic carbocycles. The zero-order valence-electron chi connectivity index (χ0n) is 18.2. The Morgan fingerprint density at radius 2 is 1.88 bits per heavy atom. The van der Waals surface area contributed by atoms with Gasteiger partial charge in [0, 0.05) is 25.7 Å². The van der Waals surface area contributed by atoms with E-state index in [1.54, 1.807) is 29.2 Å². The summed E-state index contributed by atoms with van der Waals surface area (Å²) in [6.45, 7) is 7.85. The van der Waals surface area contributed by atoms with Crippen molar-refractivity contribution in [3.63, 3.8) is 0 Å². The second-order valence-corrected chi connectivity index (χ2v) is 11.9. The first-order chi connectivity index (χ1) is 15.2. The highest BCUT2D eigenvalue weighted by atomic mass is 32.2. The zero-order valence-corrected chi connectivity index (χ0v) is 20.6. The van der Waals surface area contributed by atoms with Crippen LogP contribution >= 0.6 is 24.0 Å². The topological polar surface area (TPSA) is 83.7 Å². The number of benzene rings is 1. The van der Waals surface area contributed by atoms with E-state index in [-0.39, 0.29) is 33.5 Å². The molecule has 2 aliphatic rings. The van der Waals surface area contributed by atoms with E-state index in [0.29, 0.717) is 28.9 Å². The zero-order chi connectivity index (χ0) is 23.0. The highest BCUT2D eigenvalue weighted by Gasteiger charge is 2.35. The van der Waals surface area contributed by atoms with E-state index in [2.05, 4.69) is 4.98 Å². The molecule has 3 heterocycles. The number of thioether (sulfide) groups is 1. The van der Waals surface area contributed by atoms with Gasteiger partial charge in [-0.3, -0.25) is 9.69 Å². The second kappa shape index (κ2) is 8.99. The first kappa shape index (κ1) is 23.0. The number of hydrogen-bond donors (Lipinski definition) is 0. The highest BCUT2D eigenvalue weighted by molar-refractivity contribution is 8.26. The van der Waals surface area contributed by atoms with Crippen molar-refractivity contribution in [3.8, 4) is 0 Å². The number of thiocarbonyl (C=S) groups is 1. The van der Waals surface area contributed by atoms with E-state index >= 15 is 0 Å². The van der Waals surface area contributed by atoms with E-state index < -0.39 is 9.84 Å². The van der Waals surface area contributed by atoms with Gasteiger partial charge < -0.3 is 9.32 Å². The van der Waals surface area contributed by atoms with Crippen LogP contribution < -0.4 is 4.90 Å². The van der Waals surface area contributed by atoms with E-state index in [0.717, 1.165) is 18.4 Å². The summed E-state index contributed by atoms with van der Waals surface area (Å²) in [5.41, 5.74) is 0.966. The number of rotatable bonds is 6. The smallest absolute Gasteiger partial charge is 0.266 e. The minimum Gasteiger partial charge on any atom is -0.420 e. The normalized spacial score (nSPS) is 18.6. The Labute approximate surface area is 197 Å². The average molecular weight is 492 g/mol. The van der Waals surface area contributed by atoms with Crippen molar-refractivity contribution in [2.75, 3.05) is 24.5 Å². The maximum Gasteiger partial charge on any atom is 0.266 e. The summed E-state index contributed by atoms with van der Waals surface area (Å²) < 4.78 is 33.2. The lowest BCUT2D eigenvalue weighted by atomic mass is 10.2. The molecule has 0 unspecified atom stereocenters. The fourth-order valence-electron chi connectivity index (χ4n) is 3.63. The molecule has 170 valence electrons. The van der Waals surface area contributed by atoms with Crippen molar-refractivity contribution in [1.82, 2.24) is 9.88 Å². The van der Waals surface area contributed by atoms with Crippen LogP contribution in [0.3, 0.4) is 0 Å². The van der Waals surface area contributed by atoms with Crippen molar-refractivity contribution in [2.24, 2.45) is 5.92 Å². The molecule has 2 fully saturated rings. The number of oxazole rings is 1. The molecule has 10 heteroatoms. The van der Waals surface area contributed by atoms with Crippen LogP contribution in [-0.4, -0.2) is 48.2 Å². The molecule has 0 spiro atoms. The molecule has 2 aliphatic heterocycles. The molecule has 0 bridgehead atoms. The number of carbonyl (C=O) groups excluding carboxylic acids is 1. The monoisotopic (exact) mass is 491 g/mol. The number of hydrogen-bond acceptors (Lipinski definition) is 8. The van der Waals surface area contributed by atoms with Gasteiger partial charge in [-0.2, -0.15) is 4.98 Å². The molecule has 2 saturated heterocycles. The van der Waals surface area contributed by atoms with Gasteiger partial charge in [0.15, 0.2) is 0 Å². The van der Waals surface area contributed by atoms with Gasteiger partial charge in [-0.05, 0) is 37.8 Å². The molecular formula is C22H25N3O4S3. The molecule has 32 heavy (non-hydrogen) atoms. The maximum atomic E-state index is 13.4. The quantitative estimate of drug-likeness (QED) is 0.438. The molecule has 1 amide bonds. The summed E-state index contributed by atoms with van der Waals surface area (Å²) >= 11 is 6.53. The summed E-state index contributed by atoms with van der Waals surface area (Å²) in [7, 11) is -3.89. The number of aryl methyl sites for hydroxylation is 1. The van der Waals surface area contributed by atoms with Gasteiger partial charge in [-0.15, -0.1) is 0 Å². The number of amides is 1. The van der Waals surface area contributed by atoms with Crippen LogP contribution in [0, 0.1) is 12.8 Å². The van der Waals surface area contributed by atoms with Crippen molar-refractivity contribution >= 4 is 56.0 Å². The van der Waals surface area contributed by atoms with E-state index in [9.17, 15) is 13.2 Å². The van der Waals surface area contributed by atoms with Crippen LogP contribution in [0.2, 0.25) is 0 Å². The van der Waals surface area contributed by atoms with Crippen molar-refractivity contribution in [1.29, 1.82) is 0 Å². The van der Waals surface area contributed by atoms with Gasteiger partial charge >= 0.3 is 0 Å². The standard InChI is InChI=1S/C22H25N3O4S3/c1-14(2)13-25-20(26)17(31-22(25)30)12-18-23-19(21(29-18)24-10-4-5-11-24)32(27,28)16-8-6-15(3)7-9-16/h6-9,12,14H,4-5,10-11,13H2,1-3H3. The number of anilines is 1. The molecule has 4 rings (SSSR count). The van der Waals surface area contributed by atoms with Gasteiger partial charge in [-0.25, -0.2) is 8.42 Å². The fourth-order valence-corrected chi connectivity index (χ4v) is 6.20. The maximum absolute atomic E-state index is 13.4. The summed E-state index contributed by atoms with van der Waals surface area (Å²) in [4.78, 5) is 21.1. The Kier molecular flexibility index (Phi) is 6.46. The first-order valence-corrected chi connectivity index (χ1v) is 13.2. The lowest BCUT2D eigenvalue weighted by Crippen LogP contribution is -2.31. The Morgan fingerprint density at radius 1 is 1.22 bits per heavy atom. The number of aromatic nitrogens is 1. The summed E-state index contributed by atoms with van der Waals surface area (Å²) in [5.74, 6) is 0.374. The van der Waals surface area contributed by atoms with Gasteiger partial charge in [-0.1, -0.05) is 55.5 Å². The molecule has 2 aromatic rings. The Morgan fingerprint density at radius 3 is 2.50 bits per heavy atom. The third kappa shape index (κ3) is 4.49. The minimum atomic E-state index is -3.89. The fraction of sp³-hybridized carbons (Fsp3) is 0.409. The molecular weight excluding hydrogens is 466 g/mol. The first-order valence-electron chi connectivity index (χ1n) is 10.5. The average Bonchev–Trinajstić information content (AvgIpc) is 3.45. The molecule has 1 aromatic carbocycles. The number of carbonyl (C=O) groups is 1. The van der Waals surface area contributed by atoms with Crippen LogP contribution in [0.4, 0.5) is 5.88 Å². The van der Waals surface area contributed by atoms with Crippen molar-refractivity contribution < 1.29 is 17.6 Å². The summed E-state index contributed by atoms with van der Waals surface area (Å²) in [5, 5.41) is -0.118. The summed E-state index contributed by atoms with van der Waals surface area (Å²) in [6, 6.07) is 6.65. The van der Waals surface area contributed by atoms with Crippen LogP contribution in [0.15, 0.2) is 43.5 Å². The van der Waals surface area contributed by atoms with Crippen molar-refractivity contribution in [3.05, 3.63) is 40.6 Å². The number of nitrogens with zero attached hydrogens (tertiary/aromatic N) is 3. The molecule has 7 nitrogen and oxygen atoms in total. The van der Waals surface area contributed by atoms with Crippen LogP contribution in [-0.2, 0) is 14.6 Å². The number of sulfone groups is 1. The molecule has 1 aromatic heterocycles. The highest BCUT2D eigenvalue weighted by Crippen LogP contribution is 2.36. The predicted molar refractivity (Wildman–Crippen MR) is 129 cm³/mol. The van der Waals surface area contributed by atoms with Crippen LogP contribution in [0.1, 0.15) is 38.1 Å². The van der Waals surface area contributed by atoms with E-state index in [1.807, 2.05) is 25.7 Å². The summed E-state index contributed by atoms with van der Waals surface area (Å²) in [6.07, 6.45) is 3.40. The van der Waals surface area contributed by atoms with Gasteiger partial charge in [0.25, 0.3) is 5.91 Å². The van der Waals surface area contributed by atoms with Crippen LogP contribution in [0.25, 0.3) is 6.08 Å². The van der Waals surface area contributed by atoms with Crippen molar-refractivity contribution in [2.45, 2.75) is 43.5 Å². The predicted octanol–water partition coefficient (Wildman–Crippen LogP) is 4.27. The third-order valence-electron chi connectivity index (χ3n) is 5.25. The van der Waals surface area contributed by atoms with E-state index in [1.165, 1.54) is 17.8 Å². The lowest BCUT2D eigenvalue weighted by Gasteiger charge is -2.16. The van der Waals surface area contributed by atoms with Gasteiger partial charge in [0.05, 0.1) is 9.80 Å². The third-order valence-corrected chi connectivity index (χ3v) is 8.30. The molecule has 0 radical (unpaired) electrons. The lowest BCUT2D eigenvalue weighted by molar-refractivity contribution is -0.122.